The first-order valence-corrected chi connectivity index (χ1v) is 12.1. The van der Waals surface area contributed by atoms with E-state index in [9.17, 15) is 0 Å². The van der Waals surface area contributed by atoms with Crippen LogP contribution >= 0.6 is 11.6 Å². The Morgan fingerprint density at radius 2 is 1.83 bits per heavy atom. The third kappa shape index (κ3) is 4.26. The summed E-state index contributed by atoms with van der Waals surface area (Å²) in [5, 5.41) is 0.817. The van der Waals surface area contributed by atoms with Gasteiger partial charge in [-0.2, -0.15) is 0 Å². The van der Waals surface area contributed by atoms with E-state index in [1.807, 2.05) is 6.07 Å². The molecule has 0 N–H and O–H groups in total. The van der Waals surface area contributed by atoms with E-state index in [0.717, 1.165) is 36.9 Å². The molecule has 160 valence electrons. The second kappa shape index (κ2) is 9.30. The zero-order chi connectivity index (χ0) is 20.3. The lowest BCUT2D eigenvalue weighted by atomic mass is 9.81. The molecule has 2 atom stereocenters. The summed E-state index contributed by atoms with van der Waals surface area (Å²) in [6.45, 7) is 6.73. The number of halogens is 1. The Hall–Kier alpha value is -1.55. The largest absolute Gasteiger partial charge is 0.493 e. The van der Waals surface area contributed by atoms with Crippen molar-refractivity contribution in [1.82, 2.24) is 9.80 Å². The lowest BCUT2D eigenvalue weighted by Gasteiger charge is -2.38. The van der Waals surface area contributed by atoms with Crippen molar-refractivity contribution in [3.05, 3.63) is 64.2 Å². The Morgan fingerprint density at radius 3 is 2.70 bits per heavy atom. The van der Waals surface area contributed by atoms with Crippen LogP contribution in [0.3, 0.4) is 0 Å². The standard InChI is InChI=1S/C26H33ClN2O/c27-21-9-4-8-20(18-21)23-19-29-16-6-11-24(29)22-10-5-12-25(26(22)23)30-17-7-15-28-13-2-1-3-14-28/h4-5,8-10,12,18,23-24H,1-3,6-7,11,13-17,19H2/t23-,24+/m0/s1. The van der Waals surface area contributed by atoms with Crippen LogP contribution < -0.4 is 4.74 Å². The minimum atomic E-state index is 0.325. The van der Waals surface area contributed by atoms with Crippen LogP contribution in [-0.2, 0) is 0 Å². The third-order valence-corrected chi connectivity index (χ3v) is 7.40. The van der Waals surface area contributed by atoms with Crippen LogP contribution in [0.1, 0.15) is 67.2 Å². The number of benzene rings is 2. The van der Waals surface area contributed by atoms with Gasteiger partial charge in [-0.1, -0.05) is 42.3 Å². The fourth-order valence-corrected chi connectivity index (χ4v) is 5.92. The zero-order valence-electron chi connectivity index (χ0n) is 17.9. The number of hydrogen-bond acceptors (Lipinski definition) is 3. The van der Waals surface area contributed by atoms with Crippen molar-refractivity contribution in [3.8, 4) is 5.75 Å². The van der Waals surface area contributed by atoms with E-state index in [-0.39, 0.29) is 0 Å². The number of likely N-dealkylation sites (tertiary alicyclic amines) is 1. The normalized spacial score (nSPS) is 24.4. The van der Waals surface area contributed by atoms with Gasteiger partial charge < -0.3 is 9.64 Å². The highest BCUT2D eigenvalue weighted by atomic mass is 35.5. The van der Waals surface area contributed by atoms with Gasteiger partial charge in [-0.15, -0.1) is 0 Å². The number of nitrogens with zero attached hydrogens (tertiary/aromatic N) is 2. The summed E-state index contributed by atoms with van der Waals surface area (Å²) in [5.41, 5.74) is 4.18. The molecular formula is C26H33ClN2O. The molecule has 0 amide bonds. The first kappa shape index (κ1) is 20.4. The van der Waals surface area contributed by atoms with E-state index >= 15 is 0 Å². The fraction of sp³-hybridized carbons (Fsp3) is 0.538. The van der Waals surface area contributed by atoms with Crippen LogP contribution in [0, 0.1) is 0 Å². The summed E-state index contributed by atoms with van der Waals surface area (Å²) in [6.07, 6.45) is 7.74. The summed E-state index contributed by atoms with van der Waals surface area (Å²) in [6, 6.07) is 15.7. The number of hydrogen-bond donors (Lipinski definition) is 0. The van der Waals surface area contributed by atoms with Crippen molar-refractivity contribution in [1.29, 1.82) is 0 Å². The molecule has 3 nitrogen and oxygen atoms in total. The molecule has 3 aliphatic heterocycles. The molecule has 3 aliphatic rings. The molecule has 0 unspecified atom stereocenters. The summed E-state index contributed by atoms with van der Waals surface area (Å²) in [7, 11) is 0. The van der Waals surface area contributed by atoms with Gasteiger partial charge in [0.2, 0.25) is 0 Å². The highest BCUT2D eigenvalue weighted by Crippen LogP contribution is 2.47. The van der Waals surface area contributed by atoms with Gasteiger partial charge >= 0.3 is 0 Å². The average Bonchev–Trinajstić information content (AvgIpc) is 3.26. The molecule has 0 saturated carbocycles. The van der Waals surface area contributed by atoms with Crippen LogP contribution in [0.5, 0.6) is 5.75 Å². The highest BCUT2D eigenvalue weighted by molar-refractivity contribution is 6.30. The molecule has 2 aromatic rings. The maximum Gasteiger partial charge on any atom is 0.123 e. The monoisotopic (exact) mass is 424 g/mol. The molecule has 0 spiro atoms. The molecule has 0 bridgehead atoms. The molecule has 30 heavy (non-hydrogen) atoms. The SMILES string of the molecule is Clc1cccc([C@@H]2CN3CCC[C@@H]3c3cccc(OCCCN4CCCCC4)c32)c1. The Bertz CT molecular complexity index is 864. The van der Waals surface area contributed by atoms with Gasteiger partial charge in [0, 0.05) is 35.6 Å². The molecule has 2 aromatic carbocycles. The Balaban J connectivity index is 1.37. The van der Waals surface area contributed by atoms with Gasteiger partial charge in [-0.25, -0.2) is 0 Å². The zero-order valence-corrected chi connectivity index (χ0v) is 18.6. The van der Waals surface area contributed by atoms with Crippen LogP contribution in [0.25, 0.3) is 0 Å². The Labute approximate surface area is 186 Å². The van der Waals surface area contributed by atoms with Crippen molar-refractivity contribution in [2.45, 2.75) is 50.5 Å². The molecule has 2 saturated heterocycles. The molecule has 0 aromatic heterocycles. The first-order valence-electron chi connectivity index (χ1n) is 11.8. The molecular weight excluding hydrogens is 392 g/mol. The second-order valence-corrected chi connectivity index (χ2v) is 9.56. The van der Waals surface area contributed by atoms with E-state index in [2.05, 4.69) is 46.2 Å². The van der Waals surface area contributed by atoms with Crippen molar-refractivity contribution >= 4 is 11.6 Å². The number of rotatable bonds is 6. The third-order valence-electron chi connectivity index (χ3n) is 7.16. The average molecular weight is 425 g/mol. The predicted octanol–water partition coefficient (Wildman–Crippen LogP) is 5.88. The highest BCUT2D eigenvalue weighted by Gasteiger charge is 2.38. The van der Waals surface area contributed by atoms with Gasteiger partial charge in [-0.3, -0.25) is 4.90 Å². The van der Waals surface area contributed by atoms with E-state index in [1.54, 1.807) is 0 Å². The van der Waals surface area contributed by atoms with Gasteiger partial charge in [0.1, 0.15) is 5.75 Å². The summed E-state index contributed by atoms with van der Waals surface area (Å²) in [4.78, 5) is 5.26. The smallest absolute Gasteiger partial charge is 0.123 e. The Morgan fingerprint density at radius 1 is 0.967 bits per heavy atom. The fourth-order valence-electron chi connectivity index (χ4n) is 5.72. The maximum absolute atomic E-state index is 6.45. The van der Waals surface area contributed by atoms with Crippen molar-refractivity contribution < 1.29 is 4.74 Å². The van der Waals surface area contributed by atoms with Gasteiger partial charge in [0.25, 0.3) is 0 Å². The summed E-state index contributed by atoms with van der Waals surface area (Å²) < 4.78 is 6.45. The van der Waals surface area contributed by atoms with Crippen LogP contribution in [-0.4, -0.2) is 49.1 Å². The number of piperidine rings is 1. The molecule has 2 fully saturated rings. The van der Waals surface area contributed by atoms with Crippen molar-refractivity contribution in [2.24, 2.45) is 0 Å². The van der Waals surface area contributed by atoms with Crippen LogP contribution in [0.2, 0.25) is 5.02 Å². The van der Waals surface area contributed by atoms with Crippen molar-refractivity contribution in [2.75, 3.05) is 39.3 Å². The first-order chi connectivity index (χ1) is 14.8. The van der Waals surface area contributed by atoms with Gasteiger partial charge in [0.15, 0.2) is 0 Å². The lowest BCUT2D eigenvalue weighted by molar-refractivity contribution is 0.200. The number of fused-ring (bicyclic) bond motifs is 3. The van der Waals surface area contributed by atoms with Gasteiger partial charge in [0.05, 0.1) is 6.61 Å². The minimum Gasteiger partial charge on any atom is -0.493 e. The molecule has 0 radical (unpaired) electrons. The summed E-state index contributed by atoms with van der Waals surface area (Å²) in [5.74, 6) is 1.41. The second-order valence-electron chi connectivity index (χ2n) is 9.12. The van der Waals surface area contributed by atoms with E-state index in [1.165, 1.54) is 68.4 Å². The predicted molar refractivity (Wildman–Crippen MR) is 124 cm³/mol. The van der Waals surface area contributed by atoms with E-state index in [0.29, 0.717) is 12.0 Å². The molecule has 4 heteroatoms. The quantitative estimate of drug-likeness (QED) is 0.538. The van der Waals surface area contributed by atoms with E-state index in [4.69, 9.17) is 16.3 Å². The lowest BCUT2D eigenvalue weighted by Crippen LogP contribution is -2.35. The van der Waals surface area contributed by atoms with Crippen LogP contribution in [0.4, 0.5) is 0 Å². The van der Waals surface area contributed by atoms with Gasteiger partial charge in [-0.05, 0) is 81.1 Å². The van der Waals surface area contributed by atoms with Crippen molar-refractivity contribution in [3.63, 3.8) is 0 Å². The molecule has 5 rings (SSSR count). The van der Waals surface area contributed by atoms with Crippen LogP contribution in [0.15, 0.2) is 42.5 Å². The number of ether oxygens (including phenoxy) is 1. The maximum atomic E-state index is 6.45. The minimum absolute atomic E-state index is 0.325. The summed E-state index contributed by atoms with van der Waals surface area (Å²) >= 11 is 6.37. The molecule has 0 aliphatic carbocycles. The topological polar surface area (TPSA) is 15.7 Å². The van der Waals surface area contributed by atoms with E-state index < -0.39 is 0 Å². The Kier molecular flexibility index (Phi) is 6.31. The molecule has 3 heterocycles.